The Hall–Kier alpha value is -2.49. The third kappa shape index (κ3) is 3.79. The van der Waals surface area contributed by atoms with Crippen molar-refractivity contribution in [2.75, 3.05) is 18.6 Å². The lowest BCUT2D eigenvalue weighted by molar-refractivity contribution is 0.0600. The Morgan fingerprint density at radius 1 is 1.09 bits per heavy atom. The molecule has 0 bridgehead atoms. The van der Waals surface area contributed by atoms with Crippen LogP contribution in [-0.2, 0) is 4.74 Å². The van der Waals surface area contributed by atoms with Crippen molar-refractivity contribution < 1.29 is 14.3 Å². The van der Waals surface area contributed by atoms with E-state index in [-0.39, 0.29) is 12.2 Å². The minimum Gasteiger partial charge on any atom is -0.471 e. The molecule has 0 fully saturated rings. The predicted molar refractivity (Wildman–Crippen MR) is 87.3 cm³/mol. The third-order valence-electron chi connectivity index (χ3n) is 3.45. The van der Waals surface area contributed by atoms with Crippen LogP contribution in [-0.4, -0.2) is 25.9 Å². The van der Waals surface area contributed by atoms with Crippen LogP contribution in [0.15, 0.2) is 54.6 Å². The SMILES string of the molecule is CCN(c1ccccc1)C(C)Oc1ccc(C(=O)OC)cc1. The van der Waals surface area contributed by atoms with Gasteiger partial charge in [-0.1, -0.05) is 18.2 Å². The van der Waals surface area contributed by atoms with Gasteiger partial charge in [0.1, 0.15) is 5.75 Å². The molecule has 0 aromatic heterocycles. The minimum atomic E-state index is -0.348. The van der Waals surface area contributed by atoms with E-state index in [2.05, 4.69) is 28.7 Å². The van der Waals surface area contributed by atoms with E-state index in [1.165, 1.54) is 7.11 Å². The van der Waals surface area contributed by atoms with Crippen LogP contribution >= 0.6 is 0 Å². The highest BCUT2D eigenvalue weighted by atomic mass is 16.5. The van der Waals surface area contributed by atoms with E-state index in [1.54, 1.807) is 24.3 Å². The monoisotopic (exact) mass is 299 g/mol. The Balaban J connectivity index is 2.07. The van der Waals surface area contributed by atoms with Crippen molar-refractivity contribution in [1.29, 1.82) is 0 Å². The first-order valence-corrected chi connectivity index (χ1v) is 7.32. The highest BCUT2D eigenvalue weighted by Gasteiger charge is 2.14. The first-order chi connectivity index (χ1) is 10.7. The van der Waals surface area contributed by atoms with Gasteiger partial charge < -0.3 is 14.4 Å². The standard InChI is InChI=1S/C18H21NO3/c1-4-19(16-8-6-5-7-9-16)14(2)22-17-12-10-15(11-13-17)18(20)21-3/h5-14H,4H2,1-3H3. The number of anilines is 1. The second-order valence-electron chi connectivity index (χ2n) is 4.85. The lowest BCUT2D eigenvalue weighted by atomic mass is 10.2. The number of hydrogen-bond donors (Lipinski definition) is 0. The van der Waals surface area contributed by atoms with Crippen molar-refractivity contribution >= 4 is 11.7 Å². The number of nitrogens with zero attached hydrogens (tertiary/aromatic N) is 1. The van der Waals surface area contributed by atoms with Gasteiger partial charge >= 0.3 is 5.97 Å². The van der Waals surface area contributed by atoms with E-state index in [1.807, 2.05) is 25.1 Å². The maximum Gasteiger partial charge on any atom is 0.337 e. The number of esters is 1. The molecule has 4 heteroatoms. The average Bonchev–Trinajstić information content (AvgIpc) is 2.56. The molecular formula is C18H21NO3. The molecule has 0 N–H and O–H groups in total. The Kier molecular flexibility index (Phi) is 5.42. The zero-order valence-electron chi connectivity index (χ0n) is 13.2. The Morgan fingerprint density at radius 3 is 2.27 bits per heavy atom. The van der Waals surface area contributed by atoms with Crippen molar-refractivity contribution in [3.63, 3.8) is 0 Å². The summed E-state index contributed by atoms with van der Waals surface area (Å²) in [6.45, 7) is 4.93. The molecule has 0 saturated carbocycles. The van der Waals surface area contributed by atoms with Gasteiger partial charge in [0.15, 0.2) is 6.23 Å². The van der Waals surface area contributed by atoms with Crippen LogP contribution < -0.4 is 9.64 Å². The van der Waals surface area contributed by atoms with E-state index in [0.29, 0.717) is 5.56 Å². The summed E-state index contributed by atoms with van der Waals surface area (Å²) in [4.78, 5) is 13.6. The molecule has 1 atom stereocenters. The number of carbonyl (C=O) groups is 1. The van der Waals surface area contributed by atoms with E-state index < -0.39 is 0 Å². The summed E-state index contributed by atoms with van der Waals surface area (Å²) in [7, 11) is 1.37. The summed E-state index contributed by atoms with van der Waals surface area (Å²) in [5, 5.41) is 0. The molecule has 0 aliphatic carbocycles. The molecule has 0 radical (unpaired) electrons. The topological polar surface area (TPSA) is 38.8 Å². The smallest absolute Gasteiger partial charge is 0.337 e. The van der Waals surface area contributed by atoms with Gasteiger partial charge in [-0.3, -0.25) is 0 Å². The number of carbonyl (C=O) groups excluding carboxylic acids is 1. The lowest BCUT2D eigenvalue weighted by Gasteiger charge is -2.30. The van der Waals surface area contributed by atoms with Crippen LogP contribution in [0.2, 0.25) is 0 Å². The van der Waals surface area contributed by atoms with Gasteiger partial charge in [0, 0.05) is 12.2 Å². The van der Waals surface area contributed by atoms with Crippen LogP contribution in [0.3, 0.4) is 0 Å². The van der Waals surface area contributed by atoms with Gasteiger partial charge in [-0.2, -0.15) is 0 Å². The number of para-hydroxylation sites is 1. The minimum absolute atomic E-state index is 0.114. The molecule has 0 saturated heterocycles. The van der Waals surface area contributed by atoms with Crippen LogP contribution in [0.25, 0.3) is 0 Å². The maximum atomic E-state index is 11.4. The summed E-state index contributed by atoms with van der Waals surface area (Å²) in [6.07, 6.45) is -0.114. The first kappa shape index (κ1) is 15.9. The van der Waals surface area contributed by atoms with Gasteiger partial charge in [-0.15, -0.1) is 0 Å². The fourth-order valence-electron chi connectivity index (χ4n) is 2.32. The van der Waals surface area contributed by atoms with E-state index in [4.69, 9.17) is 4.74 Å². The highest BCUT2D eigenvalue weighted by Crippen LogP contribution is 2.20. The van der Waals surface area contributed by atoms with Gasteiger partial charge in [0.25, 0.3) is 0 Å². The largest absolute Gasteiger partial charge is 0.471 e. The average molecular weight is 299 g/mol. The van der Waals surface area contributed by atoms with Gasteiger partial charge in [-0.05, 0) is 50.2 Å². The highest BCUT2D eigenvalue weighted by molar-refractivity contribution is 5.89. The van der Waals surface area contributed by atoms with Crippen molar-refractivity contribution in [1.82, 2.24) is 0 Å². The summed E-state index contributed by atoms with van der Waals surface area (Å²) in [6, 6.07) is 17.1. The van der Waals surface area contributed by atoms with Crippen LogP contribution in [0.4, 0.5) is 5.69 Å². The molecule has 0 aliphatic rings. The van der Waals surface area contributed by atoms with Crippen molar-refractivity contribution in [3.05, 3.63) is 60.2 Å². The predicted octanol–water partition coefficient (Wildman–Crippen LogP) is 3.72. The quantitative estimate of drug-likeness (QED) is 0.602. The number of benzene rings is 2. The zero-order chi connectivity index (χ0) is 15.9. The van der Waals surface area contributed by atoms with E-state index in [9.17, 15) is 4.79 Å². The maximum absolute atomic E-state index is 11.4. The van der Waals surface area contributed by atoms with Crippen LogP contribution in [0.1, 0.15) is 24.2 Å². The molecule has 2 aromatic carbocycles. The third-order valence-corrected chi connectivity index (χ3v) is 3.45. The fourth-order valence-corrected chi connectivity index (χ4v) is 2.32. The number of methoxy groups -OCH3 is 1. The molecule has 0 heterocycles. The normalized spacial score (nSPS) is 11.6. The van der Waals surface area contributed by atoms with Gasteiger partial charge in [-0.25, -0.2) is 4.79 Å². The molecule has 2 aromatic rings. The first-order valence-electron chi connectivity index (χ1n) is 7.32. The van der Waals surface area contributed by atoms with Gasteiger partial charge in [0.05, 0.1) is 12.7 Å². The summed E-state index contributed by atoms with van der Waals surface area (Å²) in [5.74, 6) is 0.369. The Bertz CT molecular complexity index is 595. The van der Waals surface area contributed by atoms with Crippen LogP contribution in [0.5, 0.6) is 5.75 Å². The molecule has 1 unspecified atom stereocenters. The molecular weight excluding hydrogens is 278 g/mol. The molecule has 22 heavy (non-hydrogen) atoms. The Labute approximate surface area is 131 Å². The molecule has 2 rings (SSSR count). The fraction of sp³-hybridized carbons (Fsp3) is 0.278. The number of rotatable bonds is 6. The van der Waals surface area contributed by atoms with Crippen molar-refractivity contribution in [2.24, 2.45) is 0 Å². The summed E-state index contributed by atoms with van der Waals surface area (Å²) >= 11 is 0. The van der Waals surface area contributed by atoms with Crippen LogP contribution in [0, 0.1) is 0 Å². The molecule has 4 nitrogen and oxygen atoms in total. The van der Waals surface area contributed by atoms with Crippen molar-refractivity contribution in [2.45, 2.75) is 20.1 Å². The molecule has 0 spiro atoms. The Morgan fingerprint density at radius 2 is 1.73 bits per heavy atom. The van der Waals surface area contributed by atoms with E-state index >= 15 is 0 Å². The number of hydrogen-bond acceptors (Lipinski definition) is 4. The second kappa shape index (κ2) is 7.50. The second-order valence-corrected chi connectivity index (χ2v) is 4.85. The molecule has 0 aliphatic heterocycles. The van der Waals surface area contributed by atoms with Crippen molar-refractivity contribution in [3.8, 4) is 5.75 Å². The lowest BCUT2D eigenvalue weighted by Crippen LogP contribution is -2.37. The molecule has 116 valence electrons. The summed E-state index contributed by atoms with van der Waals surface area (Å²) in [5.41, 5.74) is 1.63. The zero-order valence-corrected chi connectivity index (χ0v) is 13.2. The van der Waals surface area contributed by atoms with Gasteiger partial charge in [0.2, 0.25) is 0 Å². The summed E-state index contributed by atoms with van der Waals surface area (Å²) < 4.78 is 10.6. The van der Waals surface area contributed by atoms with E-state index in [0.717, 1.165) is 18.0 Å². The molecule has 0 amide bonds. The number of ether oxygens (including phenoxy) is 2.